The van der Waals surface area contributed by atoms with Crippen LogP contribution < -0.4 is 10.5 Å². The molecule has 102 valence electrons. The molecule has 0 radical (unpaired) electrons. The van der Waals surface area contributed by atoms with Crippen molar-refractivity contribution in [3.63, 3.8) is 0 Å². The number of hydrogen-bond acceptors (Lipinski definition) is 6. The minimum Gasteiger partial charge on any atom is -0.465 e. The molecular weight excluding hydrogens is 262 g/mol. The molecule has 2 aromatic rings. The Morgan fingerprint density at radius 1 is 1.05 bits per heavy atom. The van der Waals surface area contributed by atoms with Gasteiger partial charge in [0.05, 0.1) is 12.7 Å². The average molecular weight is 273 g/mol. The van der Waals surface area contributed by atoms with Gasteiger partial charge in [-0.15, -0.1) is 10.2 Å². The van der Waals surface area contributed by atoms with E-state index in [-0.39, 0.29) is 11.6 Å². The topological polar surface area (TPSA) is 104 Å². The number of hydrogen-bond donors (Lipinski definition) is 1. The van der Waals surface area contributed by atoms with Gasteiger partial charge < -0.3 is 15.2 Å². The Balaban J connectivity index is 2.10. The van der Waals surface area contributed by atoms with Crippen LogP contribution in [0.3, 0.4) is 0 Å². The molecule has 7 heteroatoms. The first kappa shape index (κ1) is 13.5. The van der Waals surface area contributed by atoms with Gasteiger partial charge in [-0.05, 0) is 30.3 Å². The smallest absolute Gasteiger partial charge is 0.337 e. The van der Waals surface area contributed by atoms with Crippen LogP contribution in [0.2, 0.25) is 0 Å². The summed E-state index contributed by atoms with van der Waals surface area (Å²) in [7, 11) is 1.31. The van der Waals surface area contributed by atoms with E-state index in [1.54, 1.807) is 24.3 Å². The number of carbonyl (C=O) groups excluding carboxylic acids is 2. The van der Waals surface area contributed by atoms with Crippen LogP contribution in [0.15, 0.2) is 36.4 Å². The first-order valence-electron chi connectivity index (χ1n) is 5.60. The van der Waals surface area contributed by atoms with E-state index < -0.39 is 11.9 Å². The SMILES string of the molecule is COC(=O)c1ccc(Oc2ccc(C(N)=O)nn2)cc1. The molecule has 0 aliphatic rings. The summed E-state index contributed by atoms with van der Waals surface area (Å²) in [5, 5.41) is 7.31. The molecule has 7 nitrogen and oxygen atoms in total. The standard InChI is InChI=1S/C13H11N3O4/c1-19-13(18)8-2-4-9(5-3-8)20-11-7-6-10(12(14)17)15-16-11/h2-7H,1H3,(H2,14,17). The second-order valence-electron chi connectivity index (χ2n) is 3.74. The van der Waals surface area contributed by atoms with Gasteiger partial charge in [0.1, 0.15) is 5.75 Å². The summed E-state index contributed by atoms with van der Waals surface area (Å²) in [6.45, 7) is 0. The second-order valence-corrected chi connectivity index (χ2v) is 3.74. The predicted molar refractivity (Wildman–Crippen MR) is 68.4 cm³/mol. The van der Waals surface area contributed by atoms with Crippen LogP contribution in [0.4, 0.5) is 0 Å². The molecule has 0 fully saturated rings. The maximum absolute atomic E-state index is 11.3. The Hall–Kier alpha value is -2.96. The number of aromatic nitrogens is 2. The molecule has 0 aliphatic carbocycles. The maximum atomic E-state index is 11.3. The quantitative estimate of drug-likeness (QED) is 0.838. The highest BCUT2D eigenvalue weighted by atomic mass is 16.5. The lowest BCUT2D eigenvalue weighted by Gasteiger charge is -2.05. The Kier molecular flexibility index (Phi) is 3.90. The van der Waals surface area contributed by atoms with Gasteiger partial charge in [-0.1, -0.05) is 0 Å². The molecule has 0 bridgehead atoms. The highest BCUT2D eigenvalue weighted by Gasteiger charge is 2.07. The van der Waals surface area contributed by atoms with Gasteiger partial charge in [-0.25, -0.2) is 4.79 Å². The summed E-state index contributed by atoms with van der Waals surface area (Å²) in [6, 6.07) is 9.19. The van der Waals surface area contributed by atoms with Crippen LogP contribution in [-0.2, 0) is 4.74 Å². The van der Waals surface area contributed by atoms with E-state index in [4.69, 9.17) is 10.5 Å². The van der Waals surface area contributed by atoms with Crippen LogP contribution in [0.1, 0.15) is 20.8 Å². The fourth-order valence-electron chi connectivity index (χ4n) is 1.40. The Bertz CT molecular complexity index is 623. The van der Waals surface area contributed by atoms with Crippen LogP contribution in [0.5, 0.6) is 11.6 Å². The highest BCUT2D eigenvalue weighted by molar-refractivity contribution is 5.90. The van der Waals surface area contributed by atoms with E-state index in [9.17, 15) is 9.59 Å². The Labute approximate surface area is 114 Å². The average Bonchev–Trinajstić information content (AvgIpc) is 2.48. The fraction of sp³-hybridized carbons (Fsp3) is 0.0769. The molecule has 0 aliphatic heterocycles. The zero-order valence-corrected chi connectivity index (χ0v) is 10.6. The van der Waals surface area contributed by atoms with Crippen molar-refractivity contribution in [1.29, 1.82) is 0 Å². The summed E-state index contributed by atoms with van der Waals surface area (Å²) in [5.74, 6) is -0.409. The third-order valence-electron chi connectivity index (χ3n) is 2.39. The first-order chi connectivity index (χ1) is 9.60. The number of rotatable bonds is 4. The molecule has 2 rings (SSSR count). The van der Waals surface area contributed by atoms with Crippen molar-refractivity contribution in [1.82, 2.24) is 10.2 Å². The van der Waals surface area contributed by atoms with Crippen LogP contribution >= 0.6 is 0 Å². The summed E-state index contributed by atoms with van der Waals surface area (Å²) in [5.41, 5.74) is 5.51. The zero-order chi connectivity index (χ0) is 14.5. The molecule has 0 unspecified atom stereocenters. The molecule has 0 saturated carbocycles. The summed E-state index contributed by atoms with van der Waals surface area (Å²) >= 11 is 0. The fourth-order valence-corrected chi connectivity index (χ4v) is 1.40. The normalized spacial score (nSPS) is 9.85. The van der Waals surface area contributed by atoms with Crippen LogP contribution in [0, 0.1) is 0 Å². The first-order valence-corrected chi connectivity index (χ1v) is 5.60. The van der Waals surface area contributed by atoms with Gasteiger partial charge >= 0.3 is 5.97 Å². The monoisotopic (exact) mass is 273 g/mol. The molecule has 2 N–H and O–H groups in total. The van der Waals surface area contributed by atoms with E-state index in [0.29, 0.717) is 11.3 Å². The number of ether oxygens (including phenoxy) is 2. The molecule has 1 amide bonds. The molecular formula is C13H11N3O4. The van der Waals surface area contributed by atoms with Crippen molar-refractivity contribution in [2.75, 3.05) is 7.11 Å². The number of benzene rings is 1. The Morgan fingerprint density at radius 2 is 1.75 bits per heavy atom. The number of primary amides is 1. The van der Waals surface area contributed by atoms with Gasteiger partial charge in [-0.2, -0.15) is 0 Å². The van der Waals surface area contributed by atoms with Crippen molar-refractivity contribution >= 4 is 11.9 Å². The third-order valence-corrected chi connectivity index (χ3v) is 2.39. The van der Waals surface area contributed by atoms with E-state index in [1.807, 2.05) is 0 Å². The highest BCUT2D eigenvalue weighted by Crippen LogP contribution is 2.19. The lowest BCUT2D eigenvalue weighted by molar-refractivity contribution is 0.0600. The van der Waals surface area contributed by atoms with E-state index in [0.717, 1.165) is 0 Å². The van der Waals surface area contributed by atoms with Gasteiger partial charge in [0, 0.05) is 6.07 Å². The molecule has 1 aromatic carbocycles. The number of nitrogens with zero attached hydrogens (tertiary/aromatic N) is 2. The lowest BCUT2D eigenvalue weighted by Crippen LogP contribution is -2.13. The van der Waals surface area contributed by atoms with E-state index >= 15 is 0 Å². The summed E-state index contributed by atoms with van der Waals surface area (Å²) in [4.78, 5) is 22.1. The van der Waals surface area contributed by atoms with Gasteiger partial charge in [0.2, 0.25) is 5.88 Å². The minimum atomic E-state index is -0.661. The van der Waals surface area contributed by atoms with Gasteiger partial charge in [0.15, 0.2) is 5.69 Å². The number of esters is 1. The summed E-state index contributed by atoms with van der Waals surface area (Å²) in [6.07, 6.45) is 0. The number of methoxy groups -OCH3 is 1. The van der Waals surface area contributed by atoms with Crippen molar-refractivity contribution in [2.24, 2.45) is 5.73 Å². The van der Waals surface area contributed by atoms with E-state index in [2.05, 4.69) is 14.9 Å². The zero-order valence-electron chi connectivity index (χ0n) is 10.6. The Morgan fingerprint density at radius 3 is 2.25 bits per heavy atom. The molecule has 0 spiro atoms. The second kappa shape index (κ2) is 5.79. The number of amides is 1. The number of carbonyl (C=O) groups is 2. The molecule has 0 saturated heterocycles. The van der Waals surface area contributed by atoms with Crippen molar-refractivity contribution in [3.05, 3.63) is 47.7 Å². The van der Waals surface area contributed by atoms with Crippen molar-refractivity contribution in [2.45, 2.75) is 0 Å². The summed E-state index contributed by atoms with van der Waals surface area (Å²) < 4.78 is 9.99. The molecule has 1 heterocycles. The maximum Gasteiger partial charge on any atom is 0.337 e. The largest absolute Gasteiger partial charge is 0.465 e. The minimum absolute atomic E-state index is 0.0541. The number of nitrogens with two attached hydrogens (primary N) is 1. The van der Waals surface area contributed by atoms with Crippen molar-refractivity contribution in [3.8, 4) is 11.6 Å². The molecule has 1 aromatic heterocycles. The lowest BCUT2D eigenvalue weighted by atomic mass is 10.2. The molecule has 20 heavy (non-hydrogen) atoms. The van der Waals surface area contributed by atoms with Crippen molar-refractivity contribution < 1.29 is 19.1 Å². The predicted octanol–water partition coefficient (Wildman–Crippen LogP) is 1.15. The molecule has 0 atom stereocenters. The third kappa shape index (κ3) is 3.08. The van der Waals surface area contributed by atoms with E-state index in [1.165, 1.54) is 19.2 Å². The van der Waals surface area contributed by atoms with Gasteiger partial charge in [0.25, 0.3) is 5.91 Å². The van der Waals surface area contributed by atoms with Crippen LogP contribution in [0.25, 0.3) is 0 Å². The van der Waals surface area contributed by atoms with Crippen LogP contribution in [-0.4, -0.2) is 29.2 Å². The van der Waals surface area contributed by atoms with Gasteiger partial charge in [-0.3, -0.25) is 4.79 Å².